The van der Waals surface area contributed by atoms with Crippen molar-refractivity contribution in [2.75, 3.05) is 17.7 Å². The van der Waals surface area contributed by atoms with Gasteiger partial charge in [-0.3, -0.25) is 9.59 Å². The summed E-state index contributed by atoms with van der Waals surface area (Å²) in [6.45, 7) is 3.96. The summed E-state index contributed by atoms with van der Waals surface area (Å²) in [6, 6.07) is 19.6. The van der Waals surface area contributed by atoms with E-state index in [0.717, 1.165) is 16.8 Å². The van der Waals surface area contributed by atoms with Crippen molar-refractivity contribution in [3.63, 3.8) is 0 Å². The Morgan fingerprint density at radius 2 is 1.32 bits per heavy atom. The molecule has 0 bridgehead atoms. The molecule has 2 N–H and O–H groups in total. The minimum atomic E-state index is -0.272. The third kappa shape index (κ3) is 4.38. The van der Waals surface area contributed by atoms with Gasteiger partial charge in [-0.25, -0.2) is 0 Å². The van der Waals surface area contributed by atoms with Gasteiger partial charge in [0.15, 0.2) is 0 Å². The van der Waals surface area contributed by atoms with Gasteiger partial charge in [0.05, 0.1) is 12.8 Å². The molecule has 3 rings (SSSR count). The third-order valence-corrected chi connectivity index (χ3v) is 4.39. The first-order valence-electron chi connectivity index (χ1n) is 8.91. The summed E-state index contributed by atoms with van der Waals surface area (Å²) in [6.07, 6.45) is 0. The molecular formula is C23H22N2O3. The first kappa shape index (κ1) is 19.2. The number of nitrogens with one attached hydrogen (secondary N) is 2. The number of para-hydroxylation sites is 2. The SMILES string of the molecule is COc1ccccc1NC(=O)c1ccc(C(=O)Nc2ccc(C)cc2C)cc1. The highest BCUT2D eigenvalue weighted by Gasteiger charge is 2.12. The lowest BCUT2D eigenvalue weighted by Gasteiger charge is -2.11. The number of aryl methyl sites for hydroxylation is 2. The minimum Gasteiger partial charge on any atom is -0.495 e. The summed E-state index contributed by atoms with van der Waals surface area (Å²) >= 11 is 0. The first-order chi connectivity index (χ1) is 13.5. The van der Waals surface area contributed by atoms with Crippen molar-refractivity contribution in [2.45, 2.75) is 13.8 Å². The number of amides is 2. The lowest BCUT2D eigenvalue weighted by atomic mass is 10.1. The van der Waals surface area contributed by atoms with E-state index in [4.69, 9.17) is 4.74 Å². The lowest BCUT2D eigenvalue weighted by Crippen LogP contribution is -2.15. The maximum absolute atomic E-state index is 12.5. The second-order valence-electron chi connectivity index (χ2n) is 6.50. The lowest BCUT2D eigenvalue weighted by molar-refractivity contribution is 0.101. The molecule has 0 aliphatic rings. The Labute approximate surface area is 164 Å². The average molecular weight is 374 g/mol. The van der Waals surface area contributed by atoms with Gasteiger partial charge in [-0.1, -0.05) is 29.8 Å². The molecule has 0 atom stereocenters. The zero-order valence-corrected chi connectivity index (χ0v) is 16.1. The van der Waals surface area contributed by atoms with Crippen LogP contribution in [0.4, 0.5) is 11.4 Å². The Balaban J connectivity index is 1.70. The van der Waals surface area contributed by atoms with Gasteiger partial charge in [-0.2, -0.15) is 0 Å². The van der Waals surface area contributed by atoms with Crippen LogP contribution >= 0.6 is 0 Å². The zero-order chi connectivity index (χ0) is 20.1. The van der Waals surface area contributed by atoms with Crippen molar-refractivity contribution in [3.8, 4) is 5.75 Å². The predicted molar refractivity (Wildman–Crippen MR) is 111 cm³/mol. The number of carbonyl (C=O) groups excluding carboxylic acids is 2. The number of carbonyl (C=O) groups is 2. The Morgan fingerprint density at radius 1 is 0.750 bits per heavy atom. The number of benzene rings is 3. The molecule has 0 aromatic heterocycles. The van der Waals surface area contributed by atoms with E-state index in [0.29, 0.717) is 22.6 Å². The van der Waals surface area contributed by atoms with E-state index in [9.17, 15) is 9.59 Å². The molecule has 3 aromatic rings. The van der Waals surface area contributed by atoms with Crippen molar-refractivity contribution in [1.82, 2.24) is 0 Å². The van der Waals surface area contributed by atoms with Crippen molar-refractivity contribution in [3.05, 3.63) is 89.0 Å². The van der Waals surface area contributed by atoms with Gasteiger partial charge in [0.25, 0.3) is 11.8 Å². The molecular weight excluding hydrogens is 352 g/mol. The predicted octanol–water partition coefficient (Wildman–Crippen LogP) is 4.82. The molecule has 28 heavy (non-hydrogen) atoms. The van der Waals surface area contributed by atoms with Crippen LogP contribution in [-0.4, -0.2) is 18.9 Å². The molecule has 0 radical (unpaired) electrons. The molecule has 142 valence electrons. The molecule has 3 aromatic carbocycles. The summed E-state index contributed by atoms with van der Waals surface area (Å²) in [7, 11) is 1.55. The van der Waals surface area contributed by atoms with Crippen LogP contribution in [0.15, 0.2) is 66.7 Å². The zero-order valence-electron chi connectivity index (χ0n) is 16.1. The summed E-state index contributed by atoms with van der Waals surface area (Å²) in [4.78, 5) is 24.9. The highest BCUT2D eigenvalue weighted by molar-refractivity contribution is 6.07. The van der Waals surface area contributed by atoms with E-state index in [1.165, 1.54) is 0 Å². The molecule has 0 aliphatic heterocycles. The van der Waals surface area contributed by atoms with E-state index < -0.39 is 0 Å². The van der Waals surface area contributed by atoms with E-state index in [1.807, 2.05) is 44.2 Å². The van der Waals surface area contributed by atoms with Crippen molar-refractivity contribution in [1.29, 1.82) is 0 Å². The van der Waals surface area contributed by atoms with Crippen LogP contribution in [0.25, 0.3) is 0 Å². The van der Waals surface area contributed by atoms with Gasteiger partial charge in [0.1, 0.15) is 5.75 Å². The summed E-state index contributed by atoms with van der Waals surface area (Å²) in [5, 5.41) is 5.72. The molecule has 0 aliphatic carbocycles. The summed E-state index contributed by atoms with van der Waals surface area (Å²) in [5.74, 6) is 0.0924. The third-order valence-electron chi connectivity index (χ3n) is 4.39. The van der Waals surface area contributed by atoms with Gasteiger partial charge in [0, 0.05) is 16.8 Å². The molecule has 0 unspecified atom stereocenters. The molecule has 0 fully saturated rings. The topological polar surface area (TPSA) is 67.4 Å². The van der Waals surface area contributed by atoms with Crippen LogP contribution in [-0.2, 0) is 0 Å². The maximum atomic E-state index is 12.5. The number of anilines is 2. The molecule has 0 saturated heterocycles. The van der Waals surface area contributed by atoms with E-state index in [2.05, 4.69) is 10.6 Å². The van der Waals surface area contributed by atoms with Crippen molar-refractivity contribution in [2.24, 2.45) is 0 Å². The summed E-state index contributed by atoms with van der Waals surface area (Å²) in [5.41, 5.74) is 4.44. The average Bonchev–Trinajstić information content (AvgIpc) is 2.70. The van der Waals surface area contributed by atoms with Gasteiger partial charge in [-0.15, -0.1) is 0 Å². The maximum Gasteiger partial charge on any atom is 0.255 e. The quantitative estimate of drug-likeness (QED) is 0.673. The van der Waals surface area contributed by atoms with Crippen LogP contribution in [0, 0.1) is 13.8 Å². The van der Waals surface area contributed by atoms with Crippen LogP contribution in [0.2, 0.25) is 0 Å². The smallest absolute Gasteiger partial charge is 0.255 e. The number of rotatable bonds is 5. The number of hydrogen-bond acceptors (Lipinski definition) is 3. The van der Waals surface area contributed by atoms with Crippen LogP contribution in [0.3, 0.4) is 0 Å². The van der Waals surface area contributed by atoms with Gasteiger partial charge < -0.3 is 15.4 Å². The molecule has 5 nitrogen and oxygen atoms in total. The largest absolute Gasteiger partial charge is 0.495 e. The second-order valence-corrected chi connectivity index (χ2v) is 6.50. The van der Waals surface area contributed by atoms with Crippen LogP contribution in [0.5, 0.6) is 5.75 Å². The van der Waals surface area contributed by atoms with E-state index in [1.54, 1.807) is 43.5 Å². The van der Waals surface area contributed by atoms with Crippen molar-refractivity contribution >= 4 is 23.2 Å². The molecule has 0 spiro atoms. The fraction of sp³-hybridized carbons (Fsp3) is 0.130. The Bertz CT molecular complexity index is 1010. The Kier molecular flexibility index (Phi) is 5.75. The molecule has 0 saturated carbocycles. The minimum absolute atomic E-state index is 0.219. The van der Waals surface area contributed by atoms with Crippen LogP contribution in [0.1, 0.15) is 31.8 Å². The van der Waals surface area contributed by atoms with E-state index >= 15 is 0 Å². The Hall–Kier alpha value is -3.60. The molecule has 2 amide bonds. The van der Waals surface area contributed by atoms with Gasteiger partial charge in [-0.05, 0) is 61.9 Å². The highest BCUT2D eigenvalue weighted by atomic mass is 16.5. The van der Waals surface area contributed by atoms with Crippen LogP contribution < -0.4 is 15.4 Å². The fourth-order valence-corrected chi connectivity index (χ4v) is 2.86. The van der Waals surface area contributed by atoms with E-state index in [-0.39, 0.29) is 11.8 Å². The van der Waals surface area contributed by atoms with Crippen molar-refractivity contribution < 1.29 is 14.3 Å². The summed E-state index contributed by atoms with van der Waals surface area (Å²) < 4.78 is 5.24. The first-order valence-corrected chi connectivity index (χ1v) is 8.91. The normalized spacial score (nSPS) is 10.2. The highest BCUT2D eigenvalue weighted by Crippen LogP contribution is 2.24. The standard InChI is InChI=1S/C23H22N2O3/c1-15-8-13-19(16(2)14-15)24-22(26)17-9-11-18(12-10-17)23(27)25-20-6-4-5-7-21(20)28-3/h4-14H,1-3H3,(H,24,26)(H,25,27). The number of ether oxygens (including phenoxy) is 1. The monoisotopic (exact) mass is 374 g/mol. The number of hydrogen-bond donors (Lipinski definition) is 2. The molecule has 0 heterocycles. The number of methoxy groups -OCH3 is 1. The molecule has 5 heteroatoms. The second kappa shape index (κ2) is 8.39. The van der Waals surface area contributed by atoms with Gasteiger partial charge in [0.2, 0.25) is 0 Å². The fourth-order valence-electron chi connectivity index (χ4n) is 2.86. The van der Waals surface area contributed by atoms with Gasteiger partial charge >= 0.3 is 0 Å². The Morgan fingerprint density at radius 3 is 1.89 bits per heavy atom.